The fraction of sp³-hybridized carbons (Fsp3) is 0.571. The third kappa shape index (κ3) is 3.61. The number of hydrogen-bond donors (Lipinski definition) is 2. The molecule has 1 unspecified atom stereocenters. The number of benzene rings is 1. The maximum atomic E-state index is 6.04. The molecule has 2 rings (SSSR count). The molecule has 0 radical (unpaired) electrons. The summed E-state index contributed by atoms with van der Waals surface area (Å²) in [7, 11) is 0. The van der Waals surface area contributed by atoms with Crippen molar-refractivity contribution in [2.75, 3.05) is 13.1 Å². The fourth-order valence-electron chi connectivity index (χ4n) is 2.26. The summed E-state index contributed by atoms with van der Waals surface area (Å²) >= 11 is 12.0. The van der Waals surface area contributed by atoms with E-state index in [1.54, 1.807) is 0 Å². The molecule has 1 aromatic carbocycles. The van der Waals surface area contributed by atoms with E-state index in [1.807, 2.05) is 18.2 Å². The van der Waals surface area contributed by atoms with E-state index in [1.165, 1.54) is 24.8 Å². The Bertz CT molecular complexity index is 391. The van der Waals surface area contributed by atoms with E-state index in [0.717, 1.165) is 19.0 Å². The molecular formula is C14H20Cl2N2. The van der Waals surface area contributed by atoms with Gasteiger partial charge < -0.3 is 11.1 Å². The first kappa shape index (κ1) is 14.1. The molecule has 1 aliphatic carbocycles. The predicted octanol–water partition coefficient (Wildman–Crippen LogP) is 3.57. The molecule has 3 N–H and O–H groups in total. The van der Waals surface area contributed by atoms with Crippen LogP contribution in [0.15, 0.2) is 18.2 Å². The Morgan fingerprint density at radius 2 is 2.06 bits per heavy atom. The summed E-state index contributed by atoms with van der Waals surface area (Å²) in [4.78, 5) is 0. The van der Waals surface area contributed by atoms with E-state index in [4.69, 9.17) is 28.9 Å². The minimum absolute atomic E-state index is 0.354. The first-order valence-electron chi connectivity index (χ1n) is 6.59. The van der Waals surface area contributed by atoms with Gasteiger partial charge in [-0.1, -0.05) is 35.7 Å². The summed E-state index contributed by atoms with van der Waals surface area (Å²) in [6.45, 7) is 1.66. The lowest BCUT2D eigenvalue weighted by molar-refractivity contribution is 0.335. The van der Waals surface area contributed by atoms with Crippen LogP contribution in [-0.4, -0.2) is 19.1 Å². The van der Waals surface area contributed by atoms with E-state index in [0.29, 0.717) is 22.5 Å². The van der Waals surface area contributed by atoms with Crippen molar-refractivity contribution >= 4 is 23.2 Å². The van der Waals surface area contributed by atoms with Crippen molar-refractivity contribution in [1.82, 2.24) is 5.32 Å². The summed E-state index contributed by atoms with van der Waals surface area (Å²) in [5, 5.41) is 4.78. The van der Waals surface area contributed by atoms with Gasteiger partial charge in [-0.25, -0.2) is 0 Å². The van der Waals surface area contributed by atoms with Gasteiger partial charge in [0.2, 0.25) is 0 Å². The largest absolute Gasteiger partial charge is 0.330 e. The highest BCUT2D eigenvalue weighted by atomic mass is 35.5. The monoisotopic (exact) mass is 286 g/mol. The van der Waals surface area contributed by atoms with Crippen LogP contribution in [0, 0.1) is 0 Å². The summed E-state index contributed by atoms with van der Waals surface area (Å²) in [5.74, 6) is 0.354. The van der Waals surface area contributed by atoms with Crippen LogP contribution >= 0.6 is 23.2 Å². The van der Waals surface area contributed by atoms with Gasteiger partial charge in [0.05, 0.1) is 10.0 Å². The molecule has 1 atom stereocenters. The number of hydrogen-bond acceptors (Lipinski definition) is 2. The average Bonchev–Trinajstić information content (AvgIpc) is 2.31. The summed E-state index contributed by atoms with van der Waals surface area (Å²) in [5.41, 5.74) is 7.04. The Balaban J connectivity index is 1.87. The molecular weight excluding hydrogens is 267 g/mol. The molecule has 18 heavy (non-hydrogen) atoms. The molecule has 1 saturated carbocycles. The molecule has 100 valence electrons. The Kier molecular flexibility index (Phi) is 5.31. The highest BCUT2D eigenvalue weighted by molar-refractivity contribution is 6.42. The van der Waals surface area contributed by atoms with Crippen LogP contribution in [0.3, 0.4) is 0 Å². The maximum absolute atomic E-state index is 6.04. The topological polar surface area (TPSA) is 38.0 Å². The number of nitrogens with two attached hydrogens (primary N) is 1. The Morgan fingerprint density at radius 1 is 1.28 bits per heavy atom. The summed E-state index contributed by atoms with van der Waals surface area (Å²) in [6.07, 6.45) is 5.05. The molecule has 0 spiro atoms. The first-order valence-corrected chi connectivity index (χ1v) is 7.34. The molecule has 0 saturated heterocycles. The lowest BCUT2D eigenvalue weighted by Crippen LogP contribution is -2.36. The lowest BCUT2D eigenvalue weighted by atomic mass is 9.92. The second-order valence-electron chi connectivity index (χ2n) is 4.98. The zero-order valence-electron chi connectivity index (χ0n) is 10.5. The first-order chi connectivity index (χ1) is 8.70. The minimum atomic E-state index is 0.354. The number of halogens is 2. The van der Waals surface area contributed by atoms with Crippen LogP contribution in [0.4, 0.5) is 0 Å². The van der Waals surface area contributed by atoms with Gasteiger partial charge in [-0.2, -0.15) is 0 Å². The van der Waals surface area contributed by atoms with E-state index in [2.05, 4.69) is 5.32 Å². The minimum Gasteiger partial charge on any atom is -0.330 e. The molecule has 0 amide bonds. The molecule has 2 nitrogen and oxygen atoms in total. The Hall–Kier alpha value is -0.280. The standard InChI is InChI=1S/C14H20Cl2N2/c15-13-5-4-10(8-14(13)16)11(9-17)6-7-18-12-2-1-3-12/h4-5,8,11-12,18H,1-3,6-7,9,17H2. The maximum Gasteiger partial charge on any atom is 0.0595 e. The van der Waals surface area contributed by atoms with Gasteiger partial charge in [0.1, 0.15) is 0 Å². The molecule has 1 fully saturated rings. The van der Waals surface area contributed by atoms with Crippen molar-refractivity contribution in [3.63, 3.8) is 0 Å². The van der Waals surface area contributed by atoms with Crippen molar-refractivity contribution < 1.29 is 0 Å². The second-order valence-corrected chi connectivity index (χ2v) is 5.79. The molecule has 1 aromatic rings. The molecule has 4 heteroatoms. The molecule has 1 aliphatic rings. The third-order valence-corrected chi connectivity index (χ3v) is 4.47. The zero-order chi connectivity index (χ0) is 13.0. The van der Waals surface area contributed by atoms with E-state index < -0.39 is 0 Å². The number of rotatable bonds is 6. The van der Waals surface area contributed by atoms with Crippen LogP contribution in [-0.2, 0) is 0 Å². The second kappa shape index (κ2) is 6.76. The van der Waals surface area contributed by atoms with Crippen molar-refractivity contribution in [3.05, 3.63) is 33.8 Å². The normalized spacial score (nSPS) is 17.5. The van der Waals surface area contributed by atoms with Crippen LogP contribution in [0.2, 0.25) is 10.0 Å². The van der Waals surface area contributed by atoms with Crippen molar-refractivity contribution in [2.45, 2.75) is 37.6 Å². The quantitative estimate of drug-likeness (QED) is 0.839. The summed E-state index contributed by atoms with van der Waals surface area (Å²) < 4.78 is 0. The van der Waals surface area contributed by atoms with Crippen molar-refractivity contribution in [2.24, 2.45) is 5.73 Å². The Morgan fingerprint density at radius 3 is 2.61 bits per heavy atom. The zero-order valence-corrected chi connectivity index (χ0v) is 12.0. The van der Waals surface area contributed by atoms with Crippen LogP contribution in [0.5, 0.6) is 0 Å². The van der Waals surface area contributed by atoms with Crippen molar-refractivity contribution in [1.29, 1.82) is 0 Å². The lowest BCUT2D eigenvalue weighted by Gasteiger charge is -2.27. The van der Waals surface area contributed by atoms with E-state index in [9.17, 15) is 0 Å². The van der Waals surface area contributed by atoms with Gasteiger partial charge in [-0.3, -0.25) is 0 Å². The van der Waals surface area contributed by atoms with Crippen molar-refractivity contribution in [3.8, 4) is 0 Å². The smallest absolute Gasteiger partial charge is 0.0595 e. The average molecular weight is 287 g/mol. The highest BCUT2D eigenvalue weighted by Gasteiger charge is 2.17. The van der Waals surface area contributed by atoms with Crippen LogP contribution in [0.25, 0.3) is 0 Å². The molecule has 0 heterocycles. The van der Waals surface area contributed by atoms with Gasteiger partial charge >= 0.3 is 0 Å². The number of nitrogens with one attached hydrogen (secondary N) is 1. The Labute approximate surface area is 119 Å². The van der Waals surface area contributed by atoms with E-state index in [-0.39, 0.29) is 0 Å². The van der Waals surface area contributed by atoms with Gasteiger partial charge in [0.25, 0.3) is 0 Å². The highest BCUT2D eigenvalue weighted by Crippen LogP contribution is 2.27. The van der Waals surface area contributed by atoms with Gasteiger partial charge in [0, 0.05) is 6.04 Å². The molecule has 0 bridgehead atoms. The molecule has 0 aromatic heterocycles. The van der Waals surface area contributed by atoms with Gasteiger partial charge in [-0.05, 0) is 56.0 Å². The van der Waals surface area contributed by atoms with E-state index >= 15 is 0 Å². The third-order valence-electron chi connectivity index (χ3n) is 3.73. The predicted molar refractivity (Wildman–Crippen MR) is 78.5 cm³/mol. The van der Waals surface area contributed by atoms with Gasteiger partial charge in [-0.15, -0.1) is 0 Å². The SMILES string of the molecule is NCC(CCNC1CCC1)c1ccc(Cl)c(Cl)c1. The van der Waals surface area contributed by atoms with Gasteiger partial charge in [0.15, 0.2) is 0 Å². The fourth-order valence-corrected chi connectivity index (χ4v) is 2.57. The summed E-state index contributed by atoms with van der Waals surface area (Å²) in [6, 6.07) is 6.54. The van der Waals surface area contributed by atoms with Crippen LogP contribution < -0.4 is 11.1 Å². The van der Waals surface area contributed by atoms with Crippen LogP contribution in [0.1, 0.15) is 37.2 Å². The molecule has 0 aliphatic heterocycles.